The fourth-order valence-electron chi connectivity index (χ4n) is 4.36. The molecule has 4 heteroatoms. The number of nitrogens with zero attached hydrogens (tertiary/aromatic N) is 1. The van der Waals surface area contributed by atoms with Crippen molar-refractivity contribution in [1.82, 2.24) is 4.90 Å². The number of ether oxygens (including phenoxy) is 1. The predicted octanol–water partition coefficient (Wildman–Crippen LogP) is 2.32. The number of benzene rings is 1. The van der Waals surface area contributed by atoms with Gasteiger partial charge in [-0.15, -0.1) is 0 Å². The Bertz CT molecular complexity index is 605. The SMILES string of the molecule is O=C(c1ccc2c(c1)CCC2)N1CCC2(CC1)OCCC[C@@H]2O. The molecule has 124 valence electrons. The Kier molecular flexibility index (Phi) is 3.90. The van der Waals surface area contributed by atoms with Crippen LogP contribution in [0.2, 0.25) is 0 Å². The van der Waals surface area contributed by atoms with Gasteiger partial charge in [-0.2, -0.15) is 0 Å². The Morgan fingerprint density at radius 2 is 1.96 bits per heavy atom. The third kappa shape index (κ3) is 2.68. The van der Waals surface area contributed by atoms with Gasteiger partial charge >= 0.3 is 0 Å². The molecule has 4 nitrogen and oxygen atoms in total. The summed E-state index contributed by atoms with van der Waals surface area (Å²) in [6, 6.07) is 6.18. The van der Waals surface area contributed by atoms with Crippen LogP contribution < -0.4 is 0 Å². The Balaban J connectivity index is 1.45. The van der Waals surface area contributed by atoms with E-state index >= 15 is 0 Å². The first-order chi connectivity index (χ1) is 11.2. The predicted molar refractivity (Wildman–Crippen MR) is 87.5 cm³/mol. The molecule has 4 rings (SSSR count). The Morgan fingerprint density at radius 1 is 1.17 bits per heavy atom. The van der Waals surface area contributed by atoms with E-state index in [-0.39, 0.29) is 12.0 Å². The van der Waals surface area contributed by atoms with Crippen LogP contribution >= 0.6 is 0 Å². The second-order valence-corrected chi connectivity index (χ2v) is 7.20. The number of fused-ring (bicyclic) bond motifs is 1. The summed E-state index contributed by atoms with van der Waals surface area (Å²) < 4.78 is 5.92. The zero-order valence-electron chi connectivity index (χ0n) is 13.6. The molecular formula is C19H25NO3. The number of aryl methyl sites for hydroxylation is 2. The summed E-state index contributed by atoms with van der Waals surface area (Å²) in [5, 5.41) is 10.3. The molecule has 1 N–H and O–H groups in total. The first kappa shape index (κ1) is 15.2. The molecule has 1 amide bonds. The van der Waals surface area contributed by atoms with Crippen molar-refractivity contribution in [3.63, 3.8) is 0 Å². The van der Waals surface area contributed by atoms with Gasteiger partial charge in [0.1, 0.15) is 0 Å². The number of hydrogen-bond donors (Lipinski definition) is 1. The topological polar surface area (TPSA) is 49.8 Å². The average Bonchev–Trinajstić information content (AvgIpc) is 3.05. The maximum Gasteiger partial charge on any atom is 0.253 e. The van der Waals surface area contributed by atoms with Crippen molar-refractivity contribution < 1.29 is 14.6 Å². The van der Waals surface area contributed by atoms with Crippen LogP contribution in [0.1, 0.15) is 53.6 Å². The van der Waals surface area contributed by atoms with Gasteiger partial charge in [0.05, 0.1) is 11.7 Å². The highest BCUT2D eigenvalue weighted by molar-refractivity contribution is 5.94. The van der Waals surface area contributed by atoms with Crippen LogP contribution in [0, 0.1) is 0 Å². The molecule has 2 heterocycles. The van der Waals surface area contributed by atoms with Crippen molar-refractivity contribution in [2.75, 3.05) is 19.7 Å². The molecule has 1 spiro atoms. The van der Waals surface area contributed by atoms with Gasteiger partial charge < -0.3 is 14.7 Å². The highest BCUT2D eigenvalue weighted by Gasteiger charge is 2.44. The molecule has 3 aliphatic rings. The largest absolute Gasteiger partial charge is 0.390 e. The minimum Gasteiger partial charge on any atom is -0.390 e. The number of rotatable bonds is 1. The minimum absolute atomic E-state index is 0.125. The number of likely N-dealkylation sites (tertiary alicyclic amines) is 1. The molecule has 1 atom stereocenters. The van der Waals surface area contributed by atoms with Gasteiger partial charge in [-0.25, -0.2) is 0 Å². The van der Waals surface area contributed by atoms with Crippen LogP contribution in [0.4, 0.5) is 0 Å². The van der Waals surface area contributed by atoms with E-state index in [1.54, 1.807) is 0 Å². The van der Waals surface area contributed by atoms with Gasteiger partial charge in [0.25, 0.3) is 5.91 Å². The lowest BCUT2D eigenvalue weighted by molar-refractivity contribution is -0.174. The van der Waals surface area contributed by atoms with Crippen molar-refractivity contribution in [3.05, 3.63) is 34.9 Å². The molecule has 0 unspecified atom stereocenters. The van der Waals surface area contributed by atoms with E-state index in [2.05, 4.69) is 12.1 Å². The second kappa shape index (κ2) is 5.91. The average molecular weight is 315 g/mol. The van der Waals surface area contributed by atoms with E-state index in [1.807, 2.05) is 11.0 Å². The number of piperidine rings is 1. The first-order valence-corrected chi connectivity index (χ1v) is 8.91. The van der Waals surface area contributed by atoms with E-state index in [0.29, 0.717) is 13.1 Å². The number of hydrogen-bond acceptors (Lipinski definition) is 3. The zero-order chi connectivity index (χ0) is 15.9. The smallest absolute Gasteiger partial charge is 0.253 e. The van der Waals surface area contributed by atoms with Gasteiger partial charge in [-0.1, -0.05) is 6.07 Å². The van der Waals surface area contributed by atoms with Gasteiger partial charge in [0.15, 0.2) is 0 Å². The van der Waals surface area contributed by atoms with Crippen LogP contribution in [0.3, 0.4) is 0 Å². The highest BCUT2D eigenvalue weighted by atomic mass is 16.5. The molecule has 2 aliphatic heterocycles. The molecule has 23 heavy (non-hydrogen) atoms. The molecule has 1 aromatic carbocycles. The van der Waals surface area contributed by atoms with Gasteiger partial charge in [-0.3, -0.25) is 4.79 Å². The van der Waals surface area contributed by atoms with Gasteiger partial charge in [0, 0.05) is 25.3 Å². The lowest BCUT2D eigenvalue weighted by Gasteiger charge is -2.46. The maximum atomic E-state index is 12.8. The molecule has 1 aliphatic carbocycles. The molecule has 0 radical (unpaired) electrons. The van der Waals surface area contributed by atoms with Crippen molar-refractivity contribution in [2.45, 2.75) is 56.7 Å². The van der Waals surface area contributed by atoms with Crippen LogP contribution in [-0.4, -0.2) is 47.3 Å². The number of amides is 1. The van der Waals surface area contributed by atoms with Crippen molar-refractivity contribution in [2.24, 2.45) is 0 Å². The van der Waals surface area contributed by atoms with Crippen molar-refractivity contribution in [1.29, 1.82) is 0 Å². The monoisotopic (exact) mass is 315 g/mol. The number of carbonyl (C=O) groups is 1. The lowest BCUT2D eigenvalue weighted by Crippen LogP contribution is -2.56. The molecule has 1 aromatic rings. The van der Waals surface area contributed by atoms with Crippen molar-refractivity contribution in [3.8, 4) is 0 Å². The highest BCUT2D eigenvalue weighted by Crippen LogP contribution is 2.35. The molecule has 2 fully saturated rings. The zero-order valence-corrected chi connectivity index (χ0v) is 13.6. The van der Waals surface area contributed by atoms with Gasteiger partial charge in [0.2, 0.25) is 0 Å². The van der Waals surface area contributed by atoms with Crippen LogP contribution in [0.15, 0.2) is 18.2 Å². The van der Waals surface area contributed by atoms with Gasteiger partial charge in [-0.05, 0) is 68.2 Å². The second-order valence-electron chi connectivity index (χ2n) is 7.20. The summed E-state index contributed by atoms with van der Waals surface area (Å²) in [4.78, 5) is 14.7. The third-order valence-electron chi connectivity index (χ3n) is 5.86. The van der Waals surface area contributed by atoms with Crippen LogP contribution in [0.25, 0.3) is 0 Å². The van der Waals surface area contributed by atoms with E-state index in [9.17, 15) is 9.90 Å². The Labute approximate surface area is 137 Å². The lowest BCUT2D eigenvalue weighted by atomic mass is 9.82. The Morgan fingerprint density at radius 3 is 2.74 bits per heavy atom. The quantitative estimate of drug-likeness (QED) is 0.865. The summed E-state index contributed by atoms with van der Waals surface area (Å²) in [7, 11) is 0. The normalized spacial score (nSPS) is 26.3. The maximum absolute atomic E-state index is 12.8. The summed E-state index contributed by atoms with van der Waals surface area (Å²) in [6.07, 6.45) is 6.29. The summed E-state index contributed by atoms with van der Waals surface area (Å²) in [5.74, 6) is 0.125. The third-order valence-corrected chi connectivity index (χ3v) is 5.86. The van der Waals surface area contributed by atoms with E-state index < -0.39 is 5.60 Å². The van der Waals surface area contributed by atoms with Crippen LogP contribution in [-0.2, 0) is 17.6 Å². The molecular weight excluding hydrogens is 290 g/mol. The molecule has 0 saturated carbocycles. The fourth-order valence-corrected chi connectivity index (χ4v) is 4.36. The summed E-state index contributed by atoms with van der Waals surface area (Å²) >= 11 is 0. The van der Waals surface area contributed by atoms with E-state index in [0.717, 1.165) is 50.7 Å². The first-order valence-electron chi connectivity index (χ1n) is 8.91. The molecule has 2 saturated heterocycles. The number of aliphatic hydroxyl groups excluding tert-OH is 1. The summed E-state index contributed by atoms with van der Waals surface area (Å²) in [6.45, 7) is 2.08. The standard InChI is InChI=1S/C19H25NO3/c21-17-5-2-12-23-19(17)8-10-20(11-9-19)18(22)16-7-6-14-3-1-4-15(14)13-16/h6-7,13,17,21H,1-5,8-12H2/t17-/m0/s1. The molecule has 0 bridgehead atoms. The Hall–Kier alpha value is -1.39. The number of aliphatic hydroxyl groups is 1. The fraction of sp³-hybridized carbons (Fsp3) is 0.632. The number of carbonyl (C=O) groups excluding carboxylic acids is 1. The van der Waals surface area contributed by atoms with Crippen LogP contribution in [0.5, 0.6) is 0 Å². The van der Waals surface area contributed by atoms with E-state index in [4.69, 9.17) is 4.74 Å². The summed E-state index contributed by atoms with van der Waals surface area (Å²) in [5.41, 5.74) is 3.15. The van der Waals surface area contributed by atoms with Crippen molar-refractivity contribution >= 4 is 5.91 Å². The minimum atomic E-state index is -0.410. The van der Waals surface area contributed by atoms with E-state index in [1.165, 1.54) is 17.5 Å². The molecule has 0 aromatic heterocycles.